The lowest BCUT2D eigenvalue weighted by atomic mass is 10.1. The maximum absolute atomic E-state index is 10.8. The maximum atomic E-state index is 10.8. The van der Waals surface area contributed by atoms with E-state index in [0.717, 1.165) is 0 Å². The third kappa shape index (κ3) is 6.32. The van der Waals surface area contributed by atoms with Crippen molar-refractivity contribution in [3.8, 4) is 0 Å². The molecule has 0 saturated heterocycles. The van der Waals surface area contributed by atoms with E-state index in [-0.39, 0.29) is 10.1 Å². The number of carbonyl (C=O) groups is 1. The Morgan fingerprint density at radius 1 is 1.50 bits per heavy atom. The van der Waals surface area contributed by atoms with Crippen molar-refractivity contribution in [2.75, 3.05) is 0 Å². The molecule has 0 saturated carbocycles. The Hall–Kier alpha value is 0.200. The second kappa shape index (κ2) is 4.93. The molecule has 0 amide bonds. The highest BCUT2D eigenvalue weighted by Gasteiger charge is 2.07. The number of ether oxygens (including phenoxy) is 1. The Balaban J connectivity index is 3.44. The fraction of sp³-hybridized carbons (Fsp3) is 0.857. The number of hydrogen-bond acceptors (Lipinski definition) is 2. The number of halogens is 1. The van der Waals surface area contributed by atoms with Crippen LogP contribution in [0.15, 0.2) is 0 Å². The van der Waals surface area contributed by atoms with Gasteiger partial charge in [-0.1, -0.05) is 13.8 Å². The van der Waals surface area contributed by atoms with Crippen LogP contribution < -0.4 is 0 Å². The monoisotopic (exact) mass is 256 g/mol. The Labute approximate surface area is 75.5 Å². The molecule has 0 aliphatic heterocycles. The molecule has 0 heterocycles. The number of carbonyl (C=O) groups excluding carboxylic acids is 1. The normalized spacial score (nSPS) is 13.3. The van der Waals surface area contributed by atoms with E-state index in [1.807, 2.05) is 20.8 Å². The largest absolute Gasteiger partial charge is 0.452 e. The molecule has 0 radical (unpaired) electrons. The SMILES string of the molecule is CC(C)CC(=O)OC(C)I. The molecule has 0 aliphatic carbocycles. The van der Waals surface area contributed by atoms with E-state index in [9.17, 15) is 4.79 Å². The first-order chi connectivity index (χ1) is 4.52. The van der Waals surface area contributed by atoms with Crippen molar-refractivity contribution in [1.82, 2.24) is 0 Å². The van der Waals surface area contributed by atoms with Gasteiger partial charge in [-0.15, -0.1) is 0 Å². The molecule has 3 heteroatoms. The van der Waals surface area contributed by atoms with Gasteiger partial charge in [0.1, 0.15) is 4.11 Å². The van der Waals surface area contributed by atoms with Gasteiger partial charge in [-0.25, -0.2) is 0 Å². The third-order valence-electron chi connectivity index (χ3n) is 0.869. The van der Waals surface area contributed by atoms with Crippen LogP contribution in [0.1, 0.15) is 27.2 Å². The van der Waals surface area contributed by atoms with Crippen LogP contribution in [-0.4, -0.2) is 10.1 Å². The van der Waals surface area contributed by atoms with Gasteiger partial charge in [-0.2, -0.15) is 0 Å². The van der Waals surface area contributed by atoms with Gasteiger partial charge >= 0.3 is 5.97 Å². The van der Waals surface area contributed by atoms with Crippen LogP contribution >= 0.6 is 22.6 Å². The summed E-state index contributed by atoms with van der Waals surface area (Å²) in [5, 5.41) is 0. The summed E-state index contributed by atoms with van der Waals surface area (Å²) in [7, 11) is 0. The van der Waals surface area contributed by atoms with E-state index < -0.39 is 0 Å². The van der Waals surface area contributed by atoms with E-state index in [1.165, 1.54) is 0 Å². The van der Waals surface area contributed by atoms with E-state index in [4.69, 9.17) is 4.74 Å². The minimum atomic E-state index is -0.100. The highest BCUT2D eigenvalue weighted by Crippen LogP contribution is 2.06. The summed E-state index contributed by atoms with van der Waals surface area (Å²) in [5.74, 6) is 0.291. The van der Waals surface area contributed by atoms with Crippen molar-refractivity contribution < 1.29 is 9.53 Å². The van der Waals surface area contributed by atoms with E-state index in [0.29, 0.717) is 12.3 Å². The smallest absolute Gasteiger partial charge is 0.307 e. The van der Waals surface area contributed by atoms with Gasteiger partial charge in [0.25, 0.3) is 0 Å². The van der Waals surface area contributed by atoms with E-state index >= 15 is 0 Å². The molecule has 1 unspecified atom stereocenters. The fourth-order valence-electron chi connectivity index (χ4n) is 0.563. The zero-order chi connectivity index (χ0) is 8.15. The van der Waals surface area contributed by atoms with Crippen molar-refractivity contribution in [2.24, 2.45) is 5.92 Å². The summed E-state index contributed by atoms with van der Waals surface area (Å²) in [6, 6.07) is 0. The van der Waals surface area contributed by atoms with E-state index in [1.54, 1.807) is 0 Å². The zero-order valence-electron chi connectivity index (χ0n) is 6.56. The molecule has 1 atom stereocenters. The Morgan fingerprint density at radius 2 is 2.00 bits per heavy atom. The van der Waals surface area contributed by atoms with Crippen LogP contribution in [0.3, 0.4) is 0 Å². The number of alkyl halides is 1. The quantitative estimate of drug-likeness (QED) is 0.440. The van der Waals surface area contributed by atoms with Gasteiger partial charge < -0.3 is 4.74 Å². The molecule has 0 spiro atoms. The fourth-order valence-corrected chi connectivity index (χ4v) is 0.846. The standard InChI is InChI=1S/C7H13IO2/c1-5(2)4-7(9)10-6(3)8/h5-6H,4H2,1-3H3. The summed E-state index contributed by atoms with van der Waals surface area (Å²) in [6.45, 7) is 5.84. The van der Waals surface area contributed by atoms with Gasteiger partial charge in [0.2, 0.25) is 0 Å². The number of rotatable bonds is 3. The zero-order valence-corrected chi connectivity index (χ0v) is 8.71. The average molecular weight is 256 g/mol. The molecule has 10 heavy (non-hydrogen) atoms. The lowest BCUT2D eigenvalue weighted by Crippen LogP contribution is -2.10. The highest BCUT2D eigenvalue weighted by molar-refractivity contribution is 14.1. The van der Waals surface area contributed by atoms with E-state index in [2.05, 4.69) is 22.6 Å². The van der Waals surface area contributed by atoms with Crippen molar-refractivity contribution in [2.45, 2.75) is 31.3 Å². The van der Waals surface area contributed by atoms with Gasteiger partial charge in [0, 0.05) is 6.42 Å². The average Bonchev–Trinajstić information content (AvgIpc) is 1.58. The van der Waals surface area contributed by atoms with Crippen LogP contribution in [0.25, 0.3) is 0 Å². The molecular formula is C7H13IO2. The van der Waals surface area contributed by atoms with Gasteiger partial charge in [0.05, 0.1) is 0 Å². The van der Waals surface area contributed by atoms with Crippen molar-refractivity contribution >= 4 is 28.6 Å². The minimum Gasteiger partial charge on any atom is -0.452 e. The number of esters is 1. The summed E-state index contributed by atoms with van der Waals surface area (Å²) in [4.78, 5) is 10.8. The minimum absolute atomic E-state index is 0.0103. The summed E-state index contributed by atoms with van der Waals surface area (Å²) >= 11 is 2.06. The molecular weight excluding hydrogens is 243 g/mol. The molecule has 0 aromatic heterocycles. The van der Waals surface area contributed by atoms with Crippen LogP contribution in [0, 0.1) is 5.92 Å². The lowest BCUT2D eigenvalue weighted by Gasteiger charge is -2.07. The molecule has 0 N–H and O–H groups in total. The van der Waals surface area contributed by atoms with Crippen molar-refractivity contribution in [1.29, 1.82) is 0 Å². The lowest BCUT2D eigenvalue weighted by molar-refractivity contribution is -0.144. The van der Waals surface area contributed by atoms with Gasteiger partial charge in [0.15, 0.2) is 0 Å². The molecule has 0 bridgehead atoms. The first-order valence-corrected chi connectivity index (χ1v) is 4.60. The topological polar surface area (TPSA) is 26.3 Å². The van der Waals surface area contributed by atoms with Crippen LogP contribution in [0.5, 0.6) is 0 Å². The second-order valence-electron chi connectivity index (χ2n) is 2.63. The number of hydrogen-bond donors (Lipinski definition) is 0. The molecule has 2 nitrogen and oxygen atoms in total. The molecule has 60 valence electrons. The first kappa shape index (κ1) is 10.2. The van der Waals surface area contributed by atoms with Crippen LogP contribution in [0.4, 0.5) is 0 Å². The molecule has 0 fully saturated rings. The summed E-state index contributed by atoms with van der Waals surface area (Å²) in [6.07, 6.45) is 0.521. The molecule has 0 aromatic carbocycles. The maximum Gasteiger partial charge on any atom is 0.307 e. The van der Waals surface area contributed by atoms with Gasteiger partial charge in [-0.3, -0.25) is 4.79 Å². The summed E-state index contributed by atoms with van der Waals surface area (Å²) < 4.78 is 4.90. The van der Waals surface area contributed by atoms with Crippen molar-refractivity contribution in [3.05, 3.63) is 0 Å². The second-order valence-corrected chi connectivity index (χ2v) is 4.38. The van der Waals surface area contributed by atoms with Crippen LogP contribution in [0.2, 0.25) is 0 Å². The molecule has 0 aliphatic rings. The highest BCUT2D eigenvalue weighted by atomic mass is 127. The third-order valence-corrected chi connectivity index (χ3v) is 1.12. The Kier molecular flexibility index (Phi) is 5.03. The Bertz CT molecular complexity index is 98.2. The Morgan fingerprint density at radius 3 is 2.30 bits per heavy atom. The summed E-state index contributed by atoms with van der Waals surface area (Å²) in [5.41, 5.74) is 0. The predicted molar refractivity (Wildman–Crippen MR) is 49.0 cm³/mol. The van der Waals surface area contributed by atoms with Crippen LogP contribution in [-0.2, 0) is 9.53 Å². The predicted octanol–water partition coefficient (Wildman–Crippen LogP) is 2.36. The molecule has 0 aromatic rings. The van der Waals surface area contributed by atoms with Gasteiger partial charge in [-0.05, 0) is 35.4 Å². The van der Waals surface area contributed by atoms with Crippen molar-refractivity contribution in [3.63, 3.8) is 0 Å². The molecule has 0 rings (SSSR count). The first-order valence-electron chi connectivity index (χ1n) is 3.36.